The second-order valence-electron chi connectivity index (χ2n) is 10.2. The molecule has 1 fully saturated rings. The summed E-state index contributed by atoms with van der Waals surface area (Å²) in [5.74, 6) is 1.04. The van der Waals surface area contributed by atoms with E-state index in [1.165, 1.54) is 42.2 Å². The van der Waals surface area contributed by atoms with Crippen molar-refractivity contribution in [2.45, 2.75) is 68.2 Å². The van der Waals surface area contributed by atoms with Crippen LogP contribution in [0.15, 0.2) is 78.2 Å². The maximum Gasteiger partial charge on any atom is 0.142 e. The Labute approximate surface area is 288 Å². The van der Waals surface area contributed by atoms with E-state index in [2.05, 4.69) is 68.8 Å². The molecule has 47 heavy (non-hydrogen) atoms. The van der Waals surface area contributed by atoms with Gasteiger partial charge in [0.05, 0.1) is 16.8 Å². The zero-order chi connectivity index (χ0) is 35.8. The number of aliphatic imine (C=N–C) groups is 1. The lowest BCUT2D eigenvalue weighted by Gasteiger charge is -2.28. The van der Waals surface area contributed by atoms with E-state index in [4.69, 9.17) is 0 Å². The molecule has 0 spiro atoms. The van der Waals surface area contributed by atoms with Crippen LogP contribution in [0.1, 0.15) is 66.6 Å². The van der Waals surface area contributed by atoms with E-state index in [0.717, 1.165) is 40.3 Å². The van der Waals surface area contributed by atoms with Gasteiger partial charge in [-0.25, -0.2) is 9.97 Å². The lowest BCUT2D eigenvalue weighted by atomic mass is 9.95. The van der Waals surface area contributed by atoms with E-state index >= 15 is 0 Å². The molecule has 9 nitrogen and oxygen atoms in total. The number of anilines is 1. The topological polar surface area (TPSA) is 94.7 Å². The molecule has 1 aliphatic heterocycles. The molecule has 4 heterocycles. The fourth-order valence-corrected chi connectivity index (χ4v) is 5.59. The molecule has 10 heteroatoms. The first-order chi connectivity index (χ1) is 22.7. The second kappa shape index (κ2) is 25.3. The van der Waals surface area contributed by atoms with Gasteiger partial charge >= 0.3 is 0 Å². The van der Waals surface area contributed by atoms with E-state index in [1.807, 2.05) is 84.5 Å². The van der Waals surface area contributed by atoms with E-state index < -0.39 is 0 Å². The number of hydrogen-bond acceptors (Lipinski definition) is 9. The average Bonchev–Trinajstić information content (AvgIpc) is 3.65. The van der Waals surface area contributed by atoms with Crippen LogP contribution >= 0.6 is 11.3 Å². The number of piperazine rings is 1. The Hall–Kier alpha value is -3.86. The summed E-state index contributed by atoms with van der Waals surface area (Å²) in [5, 5.41) is 18.5. The van der Waals surface area contributed by atoms with Crippen LogP contribution in [0.25, 0.3) is 20.7 Å². The summed E-state index contributed by atoms with van der Waals surface area (Å²) in [6.45, 7) is 26.9. The molecule has 3 aromatic heterocycles. The maximum atomic E-state index is 9.46. The highest BCUT2D eigenvalue weighted by Gasteiger charge is 2.26. The van der Waals surface area contributed by atoms with Crippen molar-refractivity contribution in [1.29, 1.82) is 0 Å². The van der Waals surface area contributed by atoms with Gasteiger partial charge in [0.15, 0.2) is 0 Å². The van der Waals surface area contributed by atoms with E-state index in [9.17, 15) is 5.11 Å². The Kier molecular flexibility index (Phi) is 23.2. The third-order valence-electron chi connectivity index (χ3n) is 6.44. The maximum absolute atomic E-state index is 9.46. The van der Waals surface area contributed by atoms with Gasteiger partial charge < -0.3 is 20.2 Å². The molecule has 2 aliphatic rings. The Morgan fingerprint density at radius 2 is 1.55 bits per heavy atom. The molecular weight excluding hydrogens is 605 g/mol. The van der Waals surface area contributed by atoms with Crippen LogP contribution < -0.4 is 5.32 Å². The lowest BCUT2D eigenvalue weighted by molar-refractivity contribution is 0.181. The summed E-state index contributed by atoms with van der Waals surface area (Å²) in [4.78, 5) is 19.4. The number of aliphatic hydroxyl groups is 1. The number of hydrogen-bond donors (Lipinski definition) is 2. The number of aryl methyl sites for hydroxylation is 3. The van der Waals surface area contributed by atoms with Gasteiger partial charge in [0.2, 0.25) is 0 Å². The van der Waals surface area contributed by atoms with Crippen LogP contribution in [0.3, 0.4) is 0 Å². The third kappa shape index (κ3) is 15.1. The fourth-order valence-electron chi connectivity index (χ4n) is 4.37. The SMILES string of the molecule is C=CC.C=N/C=C\C.CC.CC.CN1CCN(C)CC1.C\C=C/C(=C\C=C(/C)O)Nc1ncnc2sc3c(c12)CCc1nn(C)cc1-3. The normalized spacial score (nSPS) is 14.4. The van der Waals surface area contributed by atoms with Crippen molar-refractivity contribution in [2.75, 3.05) is 45.6 Å². The van der Waals surface area contributed by atoms with E-state index in [1.54, 1.807) is 42.9 Å². The summed E-state index contributed by atoms with van der Waals surface area (Å²) in [6.07, 6.45) is 18.1. The van der Waals surface area contributed by atoms with Gasteiger partial charge in [-0.2, -0.15) is 5.10 Å². The van der Waals surface area contributed by atoms with Gasteiger partial charge in [-0.15, -0.1) is 17.9 Å². The van der Waals surface area contributed by atoms with Crippen LogP contribution in [-0.2, 0) is 19.9 Å². The average molecular weight is 665 g/mol. The standard InChI is InChI=1S/C20H21N5OS.C6H14N2.C4H7N.C3H6.2C2H6/c1-4-5-13(7-6-12(2)26)23-19-17-14-8-9-16-15(10-25(3)24-16)18(14)27-20(17)22-11-21-19;1-7-3-5-8(2)6-4-7;1-3-4-5-2;1-3-2;2*1-2/h4-7,10-11,26H,8-9H2,1-3H3,(H,21,22,23);3-6H2,1-2H3;3-4H,2H2,1H3;3H,1H2,2H3;2*1-2H3/b5-4-,12-6+,13-7+;;4-3-;;;. The number of nitrogens with zero attached hydrogens (tertiary/aromatic N) is 7. The quantitative estimate of drug-likeness (QED) is 0.122. The number of rotatable bonds is 5. The summed E-state index contributed by atoms with van der Waals surface area (Å²) in [6, 6.07) is 0. The molecule has 5 rings (SSSR count). The number of allylic oxidation sites excluding steroid dienone is 7. The summed E-state index contributed by atoms with van der Waals surface area (Å²) in [5.41, 5.74) is 4.49. The molecule has 0 atom stereocenters. The monoisotopic (exact) mass is 664 g/mol. The van der Waals surface area contributed by atoms with Crippen LogP contribution in [0.5, 0.6) is 0 Å². The number of likely N-dealkylation sites (N-methyl/N-ethyl adjacent to an activating group) is 2. The Morgan fingerprint density at radius 1 is 0.957 bits per heavy atom. The van der Waals surface area contributed by atoms with Gasteiger partial charge in [-0.1, -0.05) is 45.9 Å². The van der Waals surface area contributed by atoms with Crippen molar-refractivity contribution in [3.8, 4) is 10.4 Å². The second-order valence-corrected chi connectivity index (χ2v) is 11.2. The minimum Gasteiger partial charge on any atom is -0.513 e. The highest BCUT2D eigenvalue weighted by molar-refractivity contribution is 7.22. The molecule has 0 radical (unpaired) electrons. The molecule has 0 aromatic carbocycles. The predicted molar refractivity (Wildman–Crippen MR) is 208 cm³/mol. The highest BCUT2D eigenvalue weighted by Crippen LogP contribution is 2.44. The summed E-state index contributed by atoms with van der Waals surface area (Å²) < 4.78 is 1.88. The van der Waals surface area contributed by atoms with Crippen LogP contribution in [-0.4, -0.2) is 81.6 Å². The van der Waals surface area contributed by atoms with Crippen molar-refractivity contribution in [2.24, 2.45) is 12.0 Å². The third-order valence-corrected chi connectivity index (χ3v) is 7.62. The molecular formula is C37H60N8OS. The first-order valence-corrected chi connectivity index (χ1v) is 17.3. The number of thiophene rings is 1. The first-order valence-electron chi connectivity index (χ1n) is 16.5. The molecule has 0 unspecified atom stereocenters. The molecule has 260 valence electrons. The molecule has 2 N–H and O–H groups in total. The summed E-state index contributed by atoms with van der Waals surface area (Å²) >= 11 is 1.69. The predicted octanol–water partition coefficient (Wildman–Crippen LogP) is 8.85. The van der Waals surface area contributed by atoms with Crippen LogP contribution in [0.4, 0.5) is 5.82 Å². The zero-order valence-electron chi connectivity index (χ0n) is 30.8. The smallest absolute Gasteiger partial charge is 0.142 e. The molecule has 1 saturated heterocycles. The number of aromatic nitrogens is 4. The zero-order valence-corrected chi connectivity index (χ0v) is 31.7. The Morgan fingerprint density at radius 3 is 2.04 bits per heavy atom. The van der Waals surface area contributed by atoms with Crippen molar-refractivity contribution >= 4 is 34.1 Å². The van der Waals surface area contributed by atoms with E-state index in [-0.39, 0.29) is 5.76 Å². The lowest BCUT2D eigenvalue weighted by Crippen LogP contribution is -2.42. The largest absolute Gasteiger partial charge is 0.513 e. The van der Waals surface area contributed by atoms with Crippen molar-refractivity contribution in [3.63, 3.8) is 0 Å². The number of fused-ring (bicyclic) bond motifs is 5. The van der Waals surface area contributed by atoms with Crippen molar-refractivity contribution < 1.29 is 5.11 Å². The van der Waals surface area contributed by atoms with Gasteiger partial charge in [-0.3, -0.25) is 9.67 Å². The van der Waals surface area contributed by atoms with Crippen LogP contribution in [0.2, 0.25) is 0 Å². The van der Waals surface area contributed by atoms with Gasteiger partial charge in [0, 0.05) is 61.8 Å². The first kappa shape index (κ1) is 43.1. The van der Waals surface area contributed by atoms with Crippen LogP contribution in [0, 0.1) is 0 Å². The van der Waals surface area contributed by atoms with Crippen molar-refractivity contribution in [1.82, 2.24) is 29.5 Å². The highest BCUT2D eigenvalue weighted by atomic mass is 32.1. The number of nitrogens with one attached hydrogen (secondary N) is 1. The van der Waals surface area contributed by atoms with Crippen molar-refractivity contribution in [3.05, 3.63) is 84.5 Å². The van der Waals surface area contributed by atoms with Gasteiger partial charge in [-0.05, 0) is 85.1 Å². The Bertz CT molecular complexity index is 1430. The summed E-state index contributed by atoms with van der Waals surface area (Å²) in [7, 11) is 6.31. The molecule has 0 amide bonds. The van der Waals surface area contributed by atoms with Gasteiger partial charge in [0.25, 0.3) is 0 Å². The molecule has 1 aliphatic carbocycles. The molecule has 0 saturated carbocycles. The fraction of sp³-hybridized carbons (Fsp3) is 0.459. The Balaban J connectivity index is 0.000000870. The minimum atomic E-state index is 0.253. The van der Waals surface area contributed by atoms with E-state index in [0.29, 0.717) is 0 Å². The number of aliphatic hydroxyl groups excluding tert-OH is 1. The van der Waals surface area contributed by atoms with Gasteiger partial charge in [0.1, 0.15) is 17.0 Å². The molecule has 0 bridgehead atoms. The molecule has 3 aromatic rings. The minimum absolute atomic E-state index is 0.253.